The van der Waals surface area contributed by atoms with Crippen LogP contribution in [0.2, 0.25) is 0 Å². The van der Waals surface area contributed by atoms with Crippen LogP contribution in [0.5, 0.6) is 0 Å². The molecule has 78 valence electrons. The molecule has 0 spiro atoms. The Morgan fingerprint density at radius 3 is 2.67 bits per heavy atom. The number of nitrogens with one attached hydrogen (secondary N) is 1. The predicted molar refractivity (Wildman–Crippen MR) is 65.9 cm³/mol. The van der Waals surface area contributed by atoms with Gasteiger partial charge in [-0.3, -0.25) is 4.68 Å². The van der Waals surface area contributed by atoms with Gasteiger partial charge < -0.3 is 5.32 Å². The van der Waals surface area contributed by atoms with Crippen molar-refractivity contribution < 1.29 is 0 Å². The van der Waals surface area contributed by atoms with Crippen LogP contribution in [0, 0.1) is 0 Å². The number of anilines is 1. The smallest absolute Gasteiger partial charge is 0.148 e. The first-order valence-corrected chi connectivity index (χ1v) is 5.48. The Kier molecular flexibility index (Phi) is 2.77. The summed E-state index contributed by atoms with van der Waals surface area (Å²) in [6, 6.07) is 10.1. The molecule has 0 unspecified atom stereocenters. The number of benzene rings is 1. The molecule has 1 N–H and O–H groups in total. The maximum absolute atomic E-state index is 4.33. The van der Waals surface area contributed by atoms with Crippen LogP contribution in [0.25, 0.3) is 11.3 Å². The van der Waals surface area contributed by atoms with Gasteiger partial charge >= 0.3 is 0 Å². The van der Waals surface area contributed by atoms with Gasteiger partial charge in [-0.1, -0.05) is 34.1 Å². The molecular weight excluding hydrogens is 254 g/mol. The summed E-state index contributed by atoms with van der Waals surface area (Å²) in [5.74, 6) is 0.878. The lowest BCUT2D eigenvalue weighted by Gasteiger charge is -2.03. The monoisotopic (exact) mass is 265 g/mol. The second kappa shape index (κ2) is 4.06. The van der Waals surface area contributed by atoms with E-state index < -0.39 is 0 Å². The number of aryl methyl sites for hydroxylation is 1. The van der Waals surface area contributed by atoms with Crippen LogP contribution in [0.15, 0.2) is 34.8 Å². The quantitative estimate of drug-likeness (QED) is 0.905. The number of hydrogen-bond donors (Lipinski definition) is 1. The maximum Gasteiger partial charge on any atom is 0.148 e. The van der Waals surface area contributed by atoms with Gasteiger partial charge in [0.15, 0.2) is 0 Å². The van der Waals surface area contributed by atoms with Crippen molar-refractivity contribution in [1.82, 2.24) is 9.78 Å². The van der Waals surface area contributed by atoms with Crippen molar-refractivity contribution in [2.75, 3.05) is 12.4 Å². The van der Waals surface area contributed by atoms with E-state index in [0.29, 0.717) is 0 Å². The van der Waals surface area contributed by atoms with Gasteiger partial charge in [0.2, 0.25) is 0 Å². The Morgan fingerprint density at radius 1 is 1.33 bits per heavy atom. The first-order chi connectivity index (χ1) is 7.22. The van der Waals surface area contributed by atoms with E-state index in [1.54, 1.807) is 0 Å². The lowest BCUT2D eigenvalue weighted by molar-refractivity contribution is 0.778. The van der Waals surface area contributed by atoms with Gasteiger partial charge in [-0.2, -0.15) is 5.10 Å². The average Bonchev–Trinajstić information content (AvgIpc) is 2.60. The third kappa shape index (κ3) is 1.90. The maximum atomic E-state index is 4.33. The predicted octanol–water partition coefficient (Wildman–Crippen LogP) is 2.89. The van der Waals surface area contributed by atoms with E-state index in [9.17, 15) is 0 Å². The summed E-state index contributed by atoms with van der Waals surface area (Å²) in [5, 5.41) is 7.36. The summed E-state index contributed by atoms with van der Waals surface area (Å²) in [7, 11) is 3.81. The summed E-state index contributed by atoms with van der Waals surface area (Å²) < 4.78 is 2.95. The van der Waals surface area contributed by atoms with Crippen LogP contribution < -0.4 is 5.32 Å². The molecule has 0 bridgehead atoms. The molecule has 2 rings (SSSR count). The molecule has 0 aliphatic heterocycles. The zero-order valence-electron chi connectivity index (χ0n) is 8.66. The number of halogens is 1. The molecule has 0 aliphatic rings. The topological polar surface area (TPSA) is 29.9 Å². The number of hydrogen-bond acceptors (Lipinski definition) is 2. The van der Waals surface area contributed by atoms with Gasteiger partial charge in [0, 0.05) is 30.2 Å². The van der Waals surface area contributed by atoms with Crippen molar-refractivity contribution >= 4 is 21.7 Å². The highest BCUT2D eigenvalue weighted by Gasteiger charge is 2.08. The highest BCUT2D eigenvalue weighted by Crippen LogP contribution is 2.28. The minimum Gasteiger partial charge on any atom is -0.372 e. The van der Waals surface area contributed by atoms with Crippen LogP contribution in [0.3, 0.4) is 0 Å². The number of nitrogens with zero attached hydrogens (tertiary/aromatic N) is 2. The lowest BCUT2D eigenvalue weighted by atomic mass is 10.1. The van der Waals surface area contributed by atoms with Gasteiger partial charge in [0.05, 0.1) is 5.69 Å². The molecule has 1 heterocycles. The lowest BCUT2D eigenvalue weighted by Crippen LogP contribution is -1.95. The van der Waals surface area contributed by atoms with Gasteiger partial charge in [-0.15, -0.1) is 0 Å². The van der Waals surface area contributed by atoms with Crippen LogP contribution in [-0.4, -0.2) is 16.8 Å². The minimum atomic E-state index is 0.878. The Bertz CT molecular complexity index is 476. The molecule has 0 fully saturated rings. The highest BCUT2D eigenvalue weighted by molar-refractivity contribution is 9.10. The molecule has 0 saturated heterocycles. The molecular formula is C11H12BrN3. The Labute approximate surface area is 97.2 Å². The fourth-order valence-electron chi connectivity index (χ4n) is 1.51. The first-order valence-electron chi connectivity index (χ1n) is 4.69. The normalized spacial score (nSPS) is 10.3. The fraction of sp³-hybridized carbons (Fsp3) is 0.182. The van der Waals surface area contributed by atoms with E-state index in [4.69, 9.17) is 0 Å². The molecule has 0 amide bonds. The highest BCUT2D eigenvalue weighted by atomic mass is 79.9. The van der Waals surface area contributed by atoms with Crippen molar-refractivity contribution in [3.8, 4) is 11.3 Å². The summed E-state index contributed by atoms with van der Waals surface area (Å²) in [6.07, 6.45) is 0. The second-order valence-corrected chi connectivity index (χ2v) is 4.12. The van der Waals surface area contributed by atoms with E-state index in [-0.39, 0.29) is 0 Å². The summed E-state index contributed by atoms with van der Waals surface area (Å²) in [5.41, 5.74) is 2.24. The van der Waals surface area contributed by atoms with Crippen molar-refractivity contribution in [2.24, 2.45) is 7.05 Å². The van der Waals surface area contributed by atoms with Gasteiger partial charge in [-0.05, 0) is 6.07 Å². The van der Waals surface area contributed by atoms with E-state index in [1.165, 1.54) is 0 Å². The summed E-state index contributed by atoms with van der Waals surface area (Å²) in [4.78, 5) is 0. The molecule has 0 radical (unpaired) electrons. The zero-order chi connectivity index (χ0) is 10.8. The van der Waals surface area contributed by atoms with E-state index in [2.05, 4.69) is 32.4 Å². The molecule has 4 heteroatoms. The van der Waals surface area contributed by atoms with Crippen molar-refractivity contribution in [3.63, 3.8) is 0 Å². The molecule has 0 saturated carbocycles. The van der Waals surface area contributed by atoms with E-state index >= 15 is 0 Å². The standard InChI is InChI=1S/C11H12BrN3/c1-13-11-7-10(15(2)14-11)8-5-3-4-6-9(8)12/h3-7H,1-2H3,(H,13,14). The Morgan fingerprint density at radius 2 is 2.07 bits per heavy atom. The molecule has 1 aromatic carbocycles. The zero-order valence-corrected chi connectivity index (χ0v) is 10.2. The minimum absolute atomic E-state index is 0.878. The van der Waals surface area contributed by atoms with Crippen LogP contribution >= 0.6 is 15.9 Å². The van der Waals surface area contributed by atoms with E-state index in [1.807, 2.05) is 43.0 Å². The average molecular weight is 266 g/mol. The Balaban J connectivity index is 2.54. The van der Waals surface area contributed by atoms with Gasteiger partial charge in [-0.25, -0.2) is 0 Å². The van der Waals surface area contributed by atoms with Crippen LogP contribution in [0.1, 0.15) is 0 Å². The largest absolute Gasteiger partial charge is 0.372 e. The molecule has 0 aliphatic carbocycles. The van der Waals surface area contributed by atoms with Crippen molar-refractivity contribution in [2.45, 2.75) is 0 Å². The molecule has 1 aromatic heterocycles. The van der Waals surface area contributed by atoms with Crippen LogP contribution in [-0.2, 0) is 7.05 Å². The molecule has 2 aromatic rings. The second-order valence-electron chi connectivity index (χ2n) is 3.27. The number of rotatable bonds is 2. The van der Waals surface area contributed by atoms with Crippen LogP contribution in [0.4, 0.5) is 5.82 Å². The molecule has 0 atom stereocenters. The summed E-state index contributed by atoms with van der Waals surface area (Å²) in [6.45, 7) is 0. The van der Waals surface area contributed by atoms with Crippen molar-refractivity contribution in [3.05, 3.63) is 34.8 Å². The summed E-state index contributed by atoms with van der Waals surface area (Å²) >= 11 is 3.54. The van der Waals surface area contributed by atoms with E-state index in [0.717, 1.165) is 21.5 Å². The molecule has 3 nitrogen and oxygen atoms in total. The third-order valence-corrected chi connectivity index (χ3v) is 2.98. The fourth-order valence-corrected chi connectivity index (χ4v) is 2.00. The SMILES string of the molecule is CNc1cc(-c2ccccc2Br)n(C)n1. The first kappa shape index (κ1) is 10.2. The number of aromatic nitrogens is 2. The van der Waals surface area contributed by atoms with Crippen molar-refractivity contribution in [1.29, 1.82) is 0 Å². The molecule has 15 heavy (non-hydrogen) atoms. The third-order valence-electron chi connectivity index (χ3n) is 2.29. The Hall–Kier alpha value is -1.29. The van der Waals surface area contributed by atoms with Gasteiger partial charge in [0.1, 0.15) is 5.82 Å². The van der Waals surface area contributed by atoms with Gasteiger partial charge in [0.25, 0.3) is 0 Å².